The van der Waals surface area contributed by atoms with Crippen molar-refractivity contribution in [2.75, 3.05) is 0 Å². The van der Waals surface area contributed by atoms with Gasteiger partial charge in [0.2, 0.25) is 0 Å². The maximum atomic E-state index is 6.72. The molecule has 0 radical (unpaired) electrons. The Kier molecular flexibility index (Phi) is 9.74. The number of hydrogen-bond acceptors (Lipinski definition) is 0. The van der Waals surface area contributed by atoms with Crippen LogP contribution in [0.15, 0.2) is 0 Å². The minimum Gasteiger partial charge on any atom is -0.0832 e. The summed E-state index contributed by atoms with van der Waals surface area (Å²) < 4.78 is 0. The maximum Gasteiger partial charge on any atom is 0.253 e. The Morgan fingerprint density at radius 2 is 0.441 bits per heavy atom. The van der Waals surface area contributed by atoms with E-state index >= 15 is 0 Å². The largest absolute Gasteiger partial charge is 0.253 e. The lowest BCUT2D eigenvalue weighted by Gasteiger charge is -2.26. The van der Waals surface area contributed by atoms with Crippen molar-refractivity contribution < 1.29 is 0 Å². The zero-order valence-electron chi connectivity index (χ0n) is 17.1. The molecule has 34 heavy (non-hydrogen) atoms. The summed E-state index contributed by atoms with van der Waals surface area (Å²) in [5, 5.41) is 1.35. The van der Waals surface area contributed by atoms with Gasteiger partial charge in [-0.3, -0.25) is 0 Å². The Balaban J connectivity index is 2.68. The molecular formula is C21H9BCl12. The van der Waals surface area contributed by atoms with Crippen molar-refractivity contribution in [2.24, 2.45) is 0 Å². The van der Waals surface area contributed by atoms with E-state index in [-0.39, 0.29) is 76.7 Å². The maximum absolute atomic E-state index is 6.72. The smallest absolute Gasteiger partial charge is 0.0832 e. The second-order valence-corrected chi connectivity index (χ2v) is 11.9. The van der Waals surface area contributed by atoms with E-state index in [9.17, 15) is 0 Å². The van der Waals surface area contributed by atoms with E-state index in [1.54, 1.807) is 20.8 Å². The number of rotatable bonds is 3. The first-order valence-electron chi connectivity index (χ1n) is 9.13. The molecule has 0 saturated carbocycles. The van der Waals surface area contributed by atoms with E-state index < -0.39 is 6.71 Å². The van der Waals surface area contributed by atoms with Crippen LogP contribution < -0.4 is 16.4 Å². The molecule has 3 aromatic carbocycles. The molecule has 0 bridgehead atoms. The second-order valence-electron chi connectivity index (χ2n) is 7.32. The van der Waals surface area contributed by atoms with Gasteiger partial charge in [0.05, 0.1) is 60.3 Å². The molecule has 0 aromatic heterocycles. The first kappa shape index (κ1) is 29.8. The molecule has 0 heterocycles. The third kappa shape index (κ3) is 4.74. The van der Waals surface area contributed by atoms with Crippen LogP contribution in [0.25, 0.3) is 0 Å². The van der Waals surface area contributed by atoms with Crippen LogP contribution in [-0.2, 0) is 0 Å². The van der Waals surface area contributed by atoms with Crippen LogP contribution in [0.5, 0.6) is 0 Å². The van der Waals surface area contributed by atoms with E-state index in [0.717, 1.165) is 0 Å². The Bertz CT molecular complexity index is 1110. The van der Waals surface area contributed by atoms with Crippen LogP contribution in [0.2, 0.25) is 60.3 Å². The van der Waals surface area contributed by atoms with Crippen LogP contribution in [0.1, 0.15) is 16.7 Å². The second kappa shape index (κ2) is 11.1. The minimum absolute atomic E-state index is 0.0680. The summed E-state index contributed by atoms with van der Waals surface area (Å²) in [5.74, 6) is 0. The quantitative estimate of drug-likeness (QED) is 0.189. The van der Waals surface area contributed by atoms with Crippen LogP contribution in [0, 0.1) is 20.8 Å². The third-order valence-electron chi connectivity index (χ3n) is 5.42. The summed E-state index contributed by atoms with van der Waals surface area (Å²) >= 11 is 79.3. The Hall–Kier alpha value is 1.20. The summed E-state index contributed by atoms with van der Waals surface area (Å²) in [6.07, 6.45) is 0. The first-order chi connectivity index (χ1) is 15.7. The molecule has 0 unspecified atom stereocenters. The molecule has 0 saturated heterocycles. The standard InChI is InChI=1S/C21H9BCl12/c1-4-10(23)16(29)7(17(30)11(4)24)22(8-18(31)12(25)5(2)13(26)19(8)32)9-20(33)14(27)6(3)15(28)21(9)34/h1-3H3. The summed E-state index contributed by atoms with van der Waals surface area (Å²) in [7, 11) is 0. The van der Waals surface area contributed by atoms with Crippen LogP contribution in [-0.4, -0.2) is 6.71 Å². The van der Waals surface area contributed by atoms with Crippen molar-refractivity contribution in [2.45, 2.75) is 20.8 Å². The Morgan fingerprint density at radius 3 is 0.588 bits per heavy atom. The average Bonchev–Trinajstić information content (AvgIpc) is 2.81. The highest BCUT2D eigenvalue weighted by molar-refractivity contribution is 7.02. The molecule has 0 fully saturated rings. The van der Waals surface area contributed by atoms with Gasteiger partial charge in [-0.05, 0) is 53.8 Å². The predicted molar refractivity (Wildman–Crippen MR) is 158 cm³/mol. The van der Waals surface area contributed by atoms with Crippen molar-refractivity contribution in [3.8, 4) is 0 Å². The highest BCUT2D eigenvalue weighted by Gasteiger charge is 2.39. The van der Waals surface area contributed by atoms with Crippen LogP contribution in [0.3, 0.4) is 0 Å². The highest BCUT2D eigenvalue weighted by Crippen LogP contribution is 2.41. The monoisotopic (exact) mass is 692 g/mol. The van der Waals surface area contributed by atoms with Gasteiger partial charge in [0.25, 0.3) is 6.71 Å². The molecule has 0 atom stereocenters. The van der Waals surface area contributed by atoms with Crippen molar-refractivity contribution in [1.82, 2.24) is 0 Å². The SMILES string of the molecule is Cc1c(Cl)c(Cl)c(B(c2c(Cl)c(Cl)c(C)c(Cl)c2Cl)c2c(Cl)c(Cl)c(C)c(Cl)c2Cl)c(Cl)c1Cl. The molecule has 3 aromatic rings. The van der Waals surface area contributed by atoms with Crippen LogP contribution >= 0.6 is 139 Å². The van der Waals surface area contributed by atoms with Crippen molar-refractivity contribution in [1.29, 1.82) is 0 Å². The van der Waals surface area contributed by atoms with Gasteiger partial charge >= 0.3 is 0 Å². The molecule has 0 aliphatic rings. The Labute approximate surface area is 257 Å². The van der Waals surface area contributed by atoms with Gasteiger partial charge in [-0.2, -0.15) is 0 Å². The predicted octanol–water partition coefficient (Wildman–Crippen LogP) is 11.0. The minimum atomic E-state index is -1.07. The molecule has 0 amide bonds. The van der Waals surface area contributed by atoms with Gasteiger partial charge in [-0.15, -0.1) is 0 Å². The topological polar surface area (TPSA) is 0 Å². The molecule has 0 aliphatic heterocycles. The molecule has 0 nitrogen and oxygen atoms in total. The third-order valence-corrected chi connectivity index (χ3v) is 11.2. The molecular weight excluding hydrogens is 688 g/mol. The zero-order chi connectivity index (χ0) is 26.0. The average molecular weight is 698 g/mol. The fourth-order valence-electron chi connectivity index (χ4n) is 3.47. The van der Waals surface area contributed by atoms with Gasteiger partial charge in [-0.25, -0.2) is 0 Å². The summed E-state index contributed by atoms with van der Waals surface area (Å²) in [6.45, 7) is 3.93. The highest BCUT2D eigenvalue weighted by atomic mass is 35.5. The number of hydrogen-bond donors (Lipinski definition) is 0. The molecule has 3 rings (SSSR count). The first-order valence-corrected chi connectivity index (χ1v) is 13.7. The van der Waals surface area contributed by atoms with Gasteiger partial charge in [0, 0.05) is 0 Å². The van der Waals surface area contributed by atoms with E-state index in [1.807, 2.05) is 0 Å². The van der Waals surface area contributed by atoms with Crippen LogP contribution in [0.4, 0.5) is 0 Å². The zero-order valence-corrected chi connectivity index (χ0v) is 26.2. The van der Waals surface area contributed by atoms with Crippen molar-refractivity contribution in [3.63, 3.8) is 0 Å². The van der Waals surface area contributed by atoms with Gasteiger partial charge < -0.3 is 0 Å². The lowest BCUT2D eigenvalue weighted by atomic mass is 9.36. The van der Waals surface area contributed by atoms with E-state index in [0.29, 0.717) is 16.7 Å². The fraction of sp³-hybridized carbons (Fsp3) is 0.143. The molecule has 0 N–H and O–H groups in total. The van der Waals surface area contributed by atoms with Crippen molar-refractivity contribution in [3.05, 3.63) is 77.0 Å². The van der Waals surface area contributed by atoms with Gasteiger partial charge in [-0.1, -0.05) is 139 Å². The molecule has 0 aliphatic carbocycles. The number of benzene rings is 3. The van der Waals surface area contributed by atoms with Gasteiger partial charge in [0.1, 0.15) is 0 Å². The van der Waals surface area contributed by atoms with E-state index in [4.69, 9.17) is 139 Å². The fourth-order valence-corrected chi connectivity index (χ4v) is 7.01. The summed E-state index contributed by atoms with van der Waals surface area (Å²) in [4.78, 5) is 0. The molecule has 0 spiro atoms. The number of halogens is 12. The van der Waals surface area contributed by atoms with E-state index in [2.05, 4.69) is 0 Å². The van der Waals surface area contributed by atoms with Crippen molar-refractivity contribution >= 4 is 162 Å². The molecule has 180 valence electrons. The van der Waals surface area contributed by atoms with Gasteiger partial charge in [0.15, 0.2) is 0 Å². The lowest BCUT2D eigenvalue weighted by Crippen LogP contribution is -2.55. The molecule has 13 heteroatoms. The lowest BCUT2D eigenvalue weighted by molar-refractivity contribution is 1.47. The summed E-state index contributed by atoms with van der Waals surface area (Å²) in [5.41, 5.74) is 2.04. The normalized spacial score (nSPS) is 11.4. The summed E-state index contributed by atoms with van der Waals surface area (Å²) in [6, 6.07) is 0. The Morgan fingerprint density at radius 1 is 0.294 bits per heavy atom. The van der Waals surface area contributed by atoms with E-state index in [1.165, 1.54) is 0 Å².